The third-order valence-electron chi connectivity index (χ3n) is 5.31. The molecule has 150 valence electrons. The largest absolute Gasteiger partial charge is 0.477 e. The molecular formula is C24H19BrN2O3. The van der Waals surface area contributed by atoms with Gasteiger partial charge in [-0.2, -0.15) is 0 Å². The van der Waals surface area contributed by atoms with Crippen LogP contribution >= 0.6 is 15.9 Å². The molecule has 0 fully saturated rings. The third kappa shape index (κ3) is 3.42. The smallest absolute Gasteiger partial charge is 0.231 e. The summed E-state index contributed by atoms with van der Waals surface area (Å²) < 4.78 is 12.9. The van der Waals surface area contributed by atoms with Crippen LogP contribution in [0.4, 0.5) is 0 Å². The fraction of sp³-hybridized carbons (Fsp3) is 0.167. The molecular weight excluding hydrogens is 444 g/mol. The van der Waals surface area contributed by atoms with Crippen molar-refractivity contribution in [2.75, 3.05) is 6.73 Å². The number of carbonyl (C=O) groups is 1. The molecule has 0 N–H and O–H groups in total. The van der Waals surface area contributed by atoms with Gasteiger partial charge >= 0.3 is 0 Å². The van der Waals surface area contributed by atoms with Crippen molar-refractivity contribution >= 4 is 27.8 Å². The molecule has 5 nitrogen and oxygen atoms in total. The van der Waals surface area contributed by atoms with Gasteiger partial charge in [-0.15, -0.1) is 0 Å². The Morgan fingerprint density at radius 1 is 1.17 bits per heavy atom. The number of Topliss-reactive ketones (excluding diaryl/α,β-unsaturated/α-hetero) is 1. The lowest BCUT2D eigenvalue weighted by atomic mass is 10.00. The summed E-state index contributed by atoms with van der Waals surface area (Å²) in [4.78, 5) is 19.6. The molecule has 5 rings (SSSR count). The molecule has 3 heterocycles. The van der Waals surface area contributed by atoms with Crippen LogP contribution in [0.1, 0.15) is 32.7 Å². The van der Waals surface area contributed by atoms with Crippen LogP contribution in [-0.2, 0) is 13.1 Å². The average molecular weight is 463 g/mol. The van der Waals surface area contributed by atoms with E-state index >= 15 is 0 Å². The quantitative estimate of drug-likeness (QED) is 0.505. The number of rotatable bonds is 3. The van der Waals surface area contributed by atoms with E-state index in [1.165, 1.54) is 0 Å². The van der Waals surface area contributed by atoms with Gasteiger partial charge in [0.1, 0.15) is 18.2 Å². The van der Waals surface area contributed by atoms with E-state index in [9.17, 15) is 4.79 Å². The van der Waals surface area contributed by atoms with E-state index in [4.69, 9.17) is 9.47 Å². The maximum Gasteiger partial charge on any atom is 0.231 e. The minimum atomic E-state index is -0.103. The first-order chi connectivity index (χ1) is 14.6. The highest BCUT2D eigenvalue weighted by atomic mass is 79.9. The van der Waals surface area contributed by atoms with E-state index in [0.29, 0.717) is 36.9 Å². The fourth-order valence-electron chi connectivity index (χ4n) is 3.85. The molecule has 1 aromatic heterocycles. The summed E-state index contributed by atoms with van der Waals surface area (Å²) in [5, 5.41) is 0. The lowest BCUT2D eigenvalue weighted by Gasteiger charge is -2.30. The van der Waals surface area contributed by atoms with Crippen LogP contribution < -0.4 is 9.47 Å². The third-order valence-corrected chi connectivity index (χ3v) is 6.03. The molecule has 30 heavy (non-hydrogen) atoms. The van der Waals surface area contributed by atoms with Crippen molar-refractivity contribution in [3.8, 4) is 11.5 Å². The van der Waals surface area contributed by atoms with E-state index in [1.807, 2.05) is 55.5 Å². The van der Waals surface area contributed by atoms with Gasteiger partial charge in [0.2, 0.25) is 5.78 Å². The van der Waals surface area contributed by atoms with Crippen LogP contribution in [0.5, 0.6) is 11.5 Å². The van der Waals surface area contributed by atoms with E-state index in [0.717, 1.165) is 32.6 Å². The molecule has 2 aromatic carbocycles. The van der Waals surface area contributed by atoms with Crippen LogP contribution in [0, 0.1) is 6.92 Å². The van der Waals surface area contributed by atoms with Gasteiger partial charge in [0.05, 0.1) is 11.3 Å². The zero-order valence-corrected chi connectivity index (χ0v) is 18.0. The van der Waals surface area contributed by atoms with E-state index < -0.39 is 0 Å². The highest BCUT2D eigenvalue weighted by Crippen LogP contribution is 2.43. The molecule has 0 saturated carbocycles. The van der Waals surface area contributed by atoms with E-state index in [-0.39, 0.29) is 5.78 Å². The molecule has 0 unspecified atom stereocenters. The van der Waals surface area contributed by atoms with Crippen molar-refractivity contribution in [3.05, 3.63) is 92.9 Å². The lowest BCUT2D eigenvalue weighted by Crippen LogP contribution is -2.32. The Labute approximate surface area is 183 Å². The highest BCUT2D eigenvalue weighted by molar-refractivity contribution is 9.10. The molecule has 0 saturated heterocycles. The SMILES string of the molecule is Cc1c2c(cc3c1O/C(=C\c1ccccc1Br)C3=O)CN(Cc1ccccn1)CO2. The summed E-state index contributed by atoms with van der Waals surface area (Å²) in [6.45, 7) is 3.79. The number of nitrogens with zero attached hydrogens (tertiary/aromatic N) is 2. The van der Waals surface area contributed by atoms with E-state index in [2.05, 4.69) is 25.8 Å². The first-order valence-corrected chi connectivity index (χ1v) is 10.5. The monoisotopic (exact) mass is 462 g/mol. The van der Waals surface area contributed by atoms with E-state index in [1.54, 1.807) is 12.3 Å². The summed E-state index contributed by atoms with van der Waals surface area (Å²) >= 11 is 3.52. The van der Waals surface area contributed by atoms with Crippen LogP contribution in [-0.4, -0.2) is 22.4 Å². The summed E-state index contributed by atoms with van der Waals surface area (Å²) in [5.41, 5.74) is 4.33. The zero-order valence-electron chi connectivity index (χ0n) is 16.4. The van der Waals surface area contributed by atoms with Gasteiger partial charge in [-0.25, -0.2) is 0 Å². The Morgan fingerprint density at radius 2 is 2.00 bits per heavy atom. The summed E-state index contributed by atoms with van der Waals surface area (Å²) in [6.07, 6.45) is 3.57. The fourth-order valence-corrected chi connectivity index (χ4v) is 4.25. The van der Waals surface area contributed by atoms with Crippen molar-refractivity contribution in [2.45, 2.75) is 20.0 Å². The second-order valence-electron chi connectivity index (χ2n) is 7.41. The number of aromatic nitrogens is 1. The number of benzene rings is 2. The van der Waals surface area contributed by atoms with Crippen LogP contribution in [0.3, 0.4) is 0 Å². The first kappa shape index (κ1) is 19.0. The topological polar surface area (TPSA) is 51.7 Å². The number of ketones is 1. The van der Waals surface area contributed by atoms with Gasteiger partial charge in [0.25, 0.3) is 0 Å². The average Bonchev–Trinajstić information content (AvgIpc) is 3.06. The lowest BCUT2D eigenvalue weighted by molar-refractivity contribution is 0.0865. The van der Waals surface area contributed by atoms with Gasteiger partial charge in [0, 0.05) is 34.9 Å². The number of ether oxygens (including phenoxy) is 2. The van der Waals surface area contributed by atoms with Crippen molar-refractivity contribution in [1.29, 1.82) is 0 Å². The van der Waals surface area contributed by atoms with Gasteiger partial charge in [-0.3, -0.25) is 14.7 Å². The first-order valence-electron chi connectivity index (χ1n) is 9.70. The van der Waals surface area contributed by atoms with Crippen LogP contribution in [0.15, 0.2) is 65.0 Å². The van der Waals surface area contributed by atoms with Crippen molar-refractivity contribution in [3.63, 3.8) is 0 Å². The van der Waals surface area contributed by atoms with Crippen LogP contribution in [0.2, 0.25) is 0 Å². The maximum atomic E-state index is 13.0. The van der Waals surface area contributed by atoms with Crippen molar-refractivity contribution in [1.82, 2.24) is 9.88 Å². The molecule has 2 aliphatic heterocycles. The number of allylic oxidation sites excluding steroid dienone is 1. The Bertz CT molecular complexity index is 1170. The second-order valence-corrected chi connectivity index (χ2v) is 8.26. The number of hydrogen-bond acceptors (Lipinski definition) is 5. The molecule has 0 spiro atoms. The van der Waals surface area contributed by atoms with Gasteiger partial charge in [-0.05, 0) is 42.8 Å². The Morgan fingerprint density at radius 3 is 2.80 bits per heavy atom. The normalized spacial score (nSPS) is 16.7. The summed E-state index contributed by atoms with van der Waals surface area (Å²) in [7, 11) is 0. The Hall–Kier alpha value is -2.96. The molecule has 0 bridgehead atoms. The standard InChI is InChI=1S/C24H19BrN2O3/c1-15-23-17(12-27(14-29-23)13-18-7-4-5-9-26-18)10-19-22(28)21(30-24(15)19)11-16-6-2-3-8-20(16)25/h2-11H,12-14H2,1H3/b21-11-. The molecule has 0 atom stereocenters. The number of fused-ring (bicyclic) bond motifs is 2. The van der Waals surface area contributed by atoms with Gasteiger partial charge in [-0.1, -0.05) is 40.2 Å². The van der Waals surface area contributed by atoms with Crippen LogP contribution in [0.25, 0.3) is 6.08 Å². The predicted molar refractivity (Wildman–Crippen MR) is 117 cm³/mol. The minimum Gasteiger partial charge on any atom is -0.477 e. The molecule has 3 aromatic rings. The zero-order chi connectivity index (χ0) is 20.7. The highest BCUT2D eigenvalue weighted by Gasteiger charge is 2.33. The molecule has 2 aliphatic rings. The minimum absolute atomic E-state index is 0.103. The predicted octanol–water partition coefficient (Wildman–Crippen LogP) is 5.12. The molecule has 6 heteroatoms. The summed E-state index contributed by atoms with van der Waals surface area (Å²) in [6, 6.07) is 15.5. The summed E-state index contributed by atoms with van der Waals surface area (Å²) in [5.74, 6) is 1.62. The Kier molecular flexibility index (Phi) is 4.89. The number of hydrogen-bond donors (Lipinski definition) is 0. The number of halogens is 1. The number of carbonyl (C=O) groups excluding carboxylic acids is 1. The molecule has 0 amide bonds. The maximum absolute atomic E-state index is 13.0. The van der Waals surface area contributed by atoms with Gasteiger partial charge < -0.3 is 9.47 Å². The second kappa shape index (κ2) is 7.70. The van der Waals surface area contributed by atoms with Crippen molar-refractivity contribution < 1.29 is 14.3 Å². The number of pyridine rings is 1. The molecule has 0 radical (unpaired) electrons. The van der Waals surface area contributed by atoms with Crippen molar-refractivity contribution in [2.24, 2.45) is 0 Å². The Balaban J connectivity index is 1.44. The van der Waals surface area contributed by atoms with Gasteiger partial charge in [0.15, 0.2) is 5.76 Å². The molecule has 0 aliphatic carbocycles.